The molecule has 1 unspecified atom stereocenters. The number of hydrogen-bond donors (Lipinski definition) is 3. The highest BCUT2D eigenvalue weighted by Crippen LogP contribution is 2.38. The van der Waals surface area contributed by atoms with Gasteiger partial charge in [0.1, 0.15) is 16.5 Å². The molecule has 4 bridgehead atoms. The van der Waals surface area contributed by atoms with Crippen LogP contribution in [0.15, 0.2) is 58.3 Å². The van der Waals surface area contributed by atoms with Crippen LogP contribution in [0.4, 0.5) is 14.5 Å². The summed E-state index contributed by atoms with van der Waals surface area (Å²) in [5, 5.41) is 12.4. The third-order valence-corrected chi connectivity index (χ3v) is 7.78. The van der Waals surface area contributed by atoms with Gasteiger partial charge in [0, 0.05) is 33.9 Å². The molecule has 0 radical (unpaired) electrons. The molecule has 11 heteroatoms. The third kappa shape index (κ3) is 4.64. The summed E-state index contributed by atoms with van der Waals surface area (Å²) in [7, 11) is -4.61. The van der Waals surface area contributed by atoms with Crippen LogP contribution in [0.2, 0.25) is 5.02 Å². The van der Waals surface area contributed by atoms with Crippen LogP contribution in [0, 0.1) is 11.6 Å². The highest BCUT2D eigenvalue weighted by atomic mass is 35.5. The van der Waals surface area contributed by atoms with E-state index in [0.717, 1.165) is 18.2 Å². The second-order valence-corrected chi connectivity index (χ2v) is 10.9. The van der Waals surface area contributed by atoms with Gasteiger partial charge < -0.3 is 10.4 Å². The van der Waals surface area contributed by atoms with Crippen molar-refractivity contribution in [2.75, 3.05) is 11.3 Å². The number of carbonyl (C=O) groups excluding carboxylic acids is 1. The zero-order valence-electron chi connectivity index (χ0n) is 17.0. The predicted octanol–water partition coefficient (Wildman–Crippen LogP) is 5.02. The summed E-state index contributed by atoms with van der Waals surface area (Å²) in [5.74, 6) is -3.44. The number of aromatic hydroxyl groups is 1. The molecule has 0 saturated carbocycles. The third-order valence-electron chi connectivity index (χ3n) is 4.94. The molecule has 0 fully saturated rings. The van der Waals surface area contributed by atoms with Crippen molar-refractivity contribution >= 4 is 45.0 Å². The number of amides is 1. The van der Waals surface area contributed by atoms with Crippen molar-refractivity contribution in [3.05, 3.63) is 70.8 Å². The summed E-state index contributed by atoms with van der Waals surface area (Å²) in [5.41, 5.74) is -0.218. The van der Waals surface area contributed by atoms with Gasteiger partial charge >= 0.3 is 0 Å². The molecule has 1 amide bonds. The van der Waals surface area contributed by atoms with Crippen LogP contribution < -0.4 is 10.0 Å². The van der Waals surface area contributed by atoms with Crippen LogP contribution in [0.3, 0.4) is 0 Å². The van der Waals surface area contributed by atoms with Crippen molar-refractivity contribution in [2.45, 2.75) is 22.0 Å². The van der Waals surface area contributed by atoms with E-state index < -0.39 is 43.9 Å². The number of carbonyl (C=O) groups is 1. The van der Waals surface area contributed by atoms with Crippen LogP contribution in [0.5, 0.6) is 5.75 Å². The number of thioether (sulfide) groups is 1. The summed E-state index contributed by atoms with van der Waals surface area (Å²) in [6, 6.07) is 10.5. The lowest BCUT2D eigenvalue weighted by molar-refractivity contribution is 0.0954. The number of anilines is 1. The SMILES string of the molecule is CC1CNC(=O)c2cc(Cl)c(O)c(c2)S(=O)(=O)Nc2cc(c(F)cc2F)-c2ccccc2S1. The van der Waals surface area contributed by atoms with E-state index in [9.17, 15) is 27.1 Å². The molecule has 33 heavy (non-hydrogen) atoms. The fourth-order valence-corrected chi connectivity index (χ4v) is 5.87. The molecule has 1 atom stereocenters. The topological polar surface area (TPSA) is 95.5 Å². The molecule has 3 N–H and O–H groups in total. The van der Waals surface area contributed by atoms with Gasteiger partial charge in [-0.1, -0.05) is 36.7 Å². The van der Waals surface area contributed by atoms with Crippen LogP contribution in [0.25, 0.3) is 11.1 Å². The van der Waals surface area contributed by atoms with Crippen LogP contribution in [-0.2, 0) is 10.0 Å². The number of halogens is 3. The lowest BCUT2D eigenvalue weighted by Crippen LogP contribution is -2.29. The minimum Gasteiger partial charge on any atom is -0.505 e. The van der Waals surface area contributed by atoms with Gasteiger partial charge in [-0.25, -0.2) is 17.2 Å². The number of hydrogen-bond acceptors (Lipinski definition) is 5. The molecule has 0 saturated heterocycles. The van der Waals surface area contributed by atoms with Crippen molar-refractivity contribution in [2.24, 2.45) is 0 Å². The Morgan fingerprint density at radius 2 is 1.82 bits per heavy atom. The van der Waals surface area contributed by atoms with Crippen LogP contribution in [0.1, 0.15) is 17.3 Å². The van der Waals surface area contributed by atoms with Crippen molar-refractivity contribution in [3.63, 3.8) is 0 Å². The van der Waals surface area contributed by atoms with E-state index in [1.54, 1.807) is 24.3 Å². The largest absolute Gasteiger partial charge is 0.505 e. The minimum atomic E-state index is -4.61. The quantitative estimate of drug-likeness (QED) is 0.395. The van der Waals surface area contributed by atoms with E-state index in [4.69, 9.17) is 11.6 Å². The molecule has 3 aromatic carbocycles. The summed E-state index contributed by atoms with van der Waals surface area (Å²) < 4.78 is 57.4. The first-order valence-corrected chi connectivity index (χ1v) is 12.4. The second kappa shape index (κ2) is 8.85. The number of nitrogens with one attached hydrogen (secondary N) is 2. The zero-order valence-corrected chi connectivity index (χ0v) is 19.4. The first-order chi connectivity index (χ1) is 15.6. The normalized spacial score (nSPS) is 17.7. The van der Waals surface area contributed by atoms with Crippen molar-refractivity contribution < 1.29 is 27.1 Å². The van der Waals surface area contributed by atoms with E-state index in [2.05, 4.69) is 5.32 Å². The van der Waals surface area contributed by atoms with E-state index >= 15 is 0 Å². The van der Waals surface area contributed by atoms with Gasteiger partial charge in [0.05, 0.1) is 10.7 Å². The number of sulfonamides is 1. The Morgan fingerprint density at radius 1 is 1.09 bits per heavy atom. The van der Waals surface area contributed by atoms with Gasteiger partial charge in [-0.3, -0.25) is 9.52 Å². The predicted molar refractivity (Wildman–Crippen MR) is 123 cm³/mol. The molecule has 6 nitrogen and oxygen atoms in total. The Hall–Kier alpha value is -2.82. The molecule has 1 heterocycles. The van der Waals surface area contributed by atoms with Crippen LogP contribution >= 0.6 is 23.4 Å². The average molecular weight is 511 g/mol. The fraction of sp³-hybridized carbons (Fsp3) is 0.136. The van der Waals surface area contributed by atoms with Gasteiger partial charge in [0.2, 0.25) is 0 Å². The second-order valence-electron chi connectivity index (χ2n) is 7.36. The number of fused-ring (bicyclic) bond motifs is 6. The molecular formula is C22H17ClF2N2O4S2. The zero-order chi connectivity index (χ0) is 23.9. The lowest BCUT2D eigenvalue weighted by atomic mass is 10.0. The fourth-order valence-electron chi connectivity index (χ4n) is 3.33. The summed E-state index contributed by atoms with van der Waals surface area (Å²) in [6.07, 6.45) is 0. The Kier molecular flexibility index (Phi) is 6.26. The molecule has 1 aliphatic heterocycles. The van der Waals surface area contributed by atoms with E-state index in [1.807, 2.05) is 11.6 Å². The average Bonchev–Trinajstić information content (AvgIpc) is 2.75. The summed E-state index contributed by atoms with van der Waals surface area (Å²) in [6.45, 7) is 2.06. The Labute approximate surface area is 198 Å². The van der Waals surface area contributed by atoms with Crippen molar-refractivity contribution in [1.82, 2.24) is 5.32 Å². The van der Waals surface area contributed by atoms with E-state index in [0.29, 0.717) is 16.5 Å². The van der Waals surface area contributed by atoms with Crippen molar-refractivity contribution in [1.29, 1.82) is 0 Å². The summed E-state index contributed by atoms with van der Waals surface area (Å²) >= 11 is 7.33. The van der Waals surface area contributed by atoms with Gasteiger partial charge in [-0.2, -0.15) is 0 Å². The standard InChI is InChI=1S/C22H17ClF2N2O4S2/c1-11-10-26-22(29)12-6-15(23)21(28)20(7-12)33(30,31)27-18-8-14(16(24)9-17(18)25)13-4-2-3-5-19(13)32-11/h2-9,11,27-28H,10H2,1H3,(H,26,29). The monoisotopic (exact) mass is 510 g/mol. The number of benzene rings is 3. The maximum atomic E-state index is 14.8. The van der Waals surface area contributed by atoms with Gasteiger partial charge in [0.15, 0.2) is 5.75 Å². The molecule has 172 valence electrons. The Bertz CT molecular complexity index is 1380. The number of phenolic OH excluding ortho intramolecular Hbond substituents is 1. The van der Waals surface area contributed by atoms with E-state index in [-0.39, 0.29) is 27.9 Å². The van der Waals surface area contributed by atoms with Crippen LogP contribution in [-0.4, -0.2) is 31.2 Å². The first-order valence-electron chi connectivity index (χ1n) is 9.65. The van der Waals surface area contributed by atoms with Gasteiger partial charge in [-0.15, -0.1) is 11.8 Å². The molecule has 0 spiro atoms. The maximum absolute atomic E-state index is 14.8. The highest BCUT2D eigenvalue weighted by Gasteiger charge is 2.26. The highest BCUT2D eigenvalue weighted by molar-refractivity contribution is 8.00. The van der Waals surface area contributed by atoms with Gasteiger partial charge in [0.25, 0.3) is 15.9 Å². The molecule has 3 aromatic rings. The van der Waals surface area contributed by atoms with E-state index in [1.165, 1.54) is 11.8 Å². The smallest absolute Gasteiger partial charge is 0.265 e. The molecule has 1 aliphatic rings. The maximum Gasteiger partial charge on any atom is 0.265 e. The number of rotatable bonds is 0. The molecular weight excluding hydrogens is 494 g/mol. The lowest BCUT2D eigenvalue weighted by Gasteiger charge is -2.16. The number of phenols is 1. The molecule has 4 rings (SSSR count). The first kappa shape index (κ1) is 23.3. The molecule has 0 aromatic heterocycles. The summed E-state index contributed by atoms with van der Waals surface area (Å²) in [4.78, 5) is 12.6. The van der Waals surface area contributed by atoms with Crippen molar-refractivity contribution in [3.8, 4) is 16.9 Å². The Morgan fingerprint density at radius 3 is 2.58 bits per heavy atom. The molecule has 0 aliphatic carbocycles. The van der Waals surface area contributed by atoms with Gasteiger partial charge in [-0.05, 0) is 29.8 Å². The minimum absolute atomic E-state index is 0.0145. The Balaban J connectivity index is 1.96.